The van der Waals surface area contributed by atoms with E-state index in [9.17, 15) is 19.5 Å². The van der Waals surface area contributed by atoms with Gasteiger partial charge in [0.2, 0.25) is 11.2 Å². The average Bonchev–Trinajstić information content (AvgIpc) is 2.93. The van der Waals surface area contributed by atoms with Gasteiger partial charge in [-0.2, -0.15) is 0 Å². The Morgan fingerprint density at radius 1 is 1.15 bits per heavy atom. The van der Waals surface area contributed by atoms with Crippen LogP contribution in [0.5, 0.6) is 11.5 Å². The Morgan fingerprint density at radius 3 is 2.65 bits per heavy atom. The highest BCUT2D eigenvalue weighted by molar-refractivity contribution is 5.71. The van der Waals surface area contributed by atoms with Crippen molar-refractivity contribution in [2.24, 2.45) is 5.92 Å². The number of hydrogen-bond acceptors (Lipinski definition) is 8. The largest absolute Gasteiger partial charge is 0.502 e. The molecule has 0 radical (unpaired) electrons. The van der Waals surface area contributed by atoms with Crippen LogP contribution in [0.15, 0.2) is 74.7 Å². The van der Waals surface area contributed by atoms with Gasteiger partial charge in [0.15, 0.2) is 5.76 Å². The number of hydrogen-bond donors (Lipinski definition) is 1. The third-order valence-electron chi connectivity index (χ3n) is 7.62. The summed E-state index contributed by atoms with van der Waals surface area (Å²) in [4.78, 5) is 39.8. The molecule has 4 heterocycles. The molecule has 1 fully saturated rings. The van der Waals surface area contributed by atoms with Gasteiger partial charge < -0.3 is 23.6 Å². The summed E-state index contributed by atoms with van der Waals surface area (Å²) < 4.78 is 18.6. The minimum absolute atomic E-state index is 0.0256. The van der Waals surface area contributed by atoms with E-state index in [0.29, 0.717) is 42.7 Å². The van der Waals surface area contributed by atoms with Crippen molar-refractivity contribution < 1.29 is 23.8 Å². The van der Waals surface area contributed by atoms with E-state index in [-0.39, 0.29) is 23.7 Å². The van der Waals surface area contributed by atoms with Crippen LogP contribution in [0, 0.1) is 5.92 Å². The van der Waals surface area contributed by atoms with E-state index in [4.69, 9.17) is 13.9 Å². The third-order valence-corrected chi connectivity index (χ3v) is 7.62. The molecule has 2 aromatic heterocycles. The van der Waals surface area contributed by atoms with Gasteiger partial charge in [0.1, 0.15) is 18.1 Å². The molecule has 0 amide bonds. The van der Waals surface area contributed by atoms with Crippen LogP contribution in [0.1, 0.15) is 54.4 Å². The van der Waals surface area contributed by atoms with E-state index in [1.807, 2.05) is 17.6 Å². The number of ether oxygens (including phenoxy) is 2. The summed E-state index contributed by atoms with van der Waals surface area (Å²) in [7, 11) is 1.29. The smallest absolute Gasteiger partial charge is 0.306 e. The molecular weight excluding hydrogens is 512 g/mol. The van der Waals surface area contributed by atoms with E-state index in [1.165, 1.54) is 13.2 Å². The first kappa shape index (κ1) is 27.5. The van der Waals surface area contributed by atoms with Gasteiger partial charge in [-0.3, -0.25) is 19.3 Å². The Kier molecular flexibility index (Phi) is 7.93. The number of benzene rings is 1. The Bertz CT molecular complexity index is 1520. The number of esters is 1. The van der Waals surface area contributed by atoms with Crippen LogP contribution in [0.3, 0.4) is 0 Å². The van der Waals surface area contributed by atoms with Crippen LogP contribution in [0.2, 0.25) is 0 Å². The lowest BCUT2D eigenvalue weighted by Gasteiger charge is -2.42. The molecule has 1 saturated heterocycles. The highest BCUT2D eigenvalue weighted by Crippen LogP contribution is 2.37. The molecule has 1 aromatic carbocycles. The zero-order valence-electron chi connectivity index (χ0n) is 22.8. The van der Waals surface area contributed by atoms with Gasteiger partial charge in [-0.25, -0.2) is 0 Å². The fourth-order valence-corrected chi connectivity index (χ4v) is 5.83. The van der Waals surface area contributed by atoms with Crippen LogP contribution < -0.4 is 15.7 Å². The Morgan fingerprint density at radius 2 is 1.93 bits per heavy atom. The molecule has 2 aliphatic rings. The molecule has 2 aliphatic heterocycles. The molecule has 0 saturated carbocycles. The normalized spacial score (nSPS) is 18.9. The molecule has 0 aliphatic carbocycles. The minimum Gasteiger partial charge on any atom is -0.502 e. The van der Waals surface area contributed by atoms with Gasteiger partial charge in [-0.1, -0.05) is 24.8 Å². The second kappa shape index (κ2) is 11.6. The maximum absolute atomic E-state index is 12.9. The monoisotopic (exact) mass is 546 g/mol. The molecular formula is C31H34N2O7. The third kappa shape index (κ3) is 5.89. The van der Waals surface area contributed by atoms with Crippen molar-refractivity contribution in [2.45, 2.75) is 44.7 Å². The topological polar surface area (TPSA) is 111 Å². The fraction of sp³-hybridized carbons (Fsp3) is 0.387. The summed E-state index contributed by atoms with van der Waals surface area (Å²) in [6.07, 6.45) is 0.889. The molecule has 210 valence electrons. The molecule has 3 aromatic rings. The summed E-state index contributed by atoms with van der Waals surface area (Å²) >= 11 is 0. The zero-order valence-corrected chi connectivity index (χ0v) is 22.8. The lowest BCUT2D eigenvalue weighted by Crippen LogP contribution is -2.46. The number of aromatic hydroxyl groups is 1. The van der Waals surface area contributed by atoms with E-state index in [1.54, 1.807) is 36.4 Å². The summed E-state index contributed by atoms with van der Waals surface area (Å²) in [5.74, 6) is -0.189. The quantitative estimate of drug-likeness (QED) is 0.319. The molecule has 5 rings (SSSR count). The second-order valence-electron chi connectivity index (χ2n) is 10.8. The van der Waals surface area contributed by atoms with Crippen molar-refractivity contribution in [3.8, 4) is 11.5 Å². The van der Waals surface area contributed by atoms with E-state index in [2.05, 4.69) is 11.5 Å². The van der Waals surface area contributed by atoms with Gasteiger partial charge in [0, 0.05) is 43.4 Å². The zero-order chi connectivity index (χ0) is 28.4. The first-order chi connectivity index (χ1) is 19.2. The summed E-state index contributed by atoms with van der Waals surface area (Å²) in [5.41, 5.74) is 2.04. The standard InChI is InChI=1S/C31H34N2O7/c1-19(2)18-39-23-9-7-21(8-10-23)25(13-29(36)38-3)31-30(37)27(34)12-24(40-31)17-32-14-20-11-22(16-32)26-5-4-6-28(35)33(26)15-20/h4-10,12,20,22,25,37H,1,11,13-18H2,2-3H3/t20-,22+,25-/m0/s1. The summed E-state index contributed by atoms with van der Waals surface area (Å²) in [6, 6.07) is 13.8. The first-order valence-electron chi connectivity index (χ1n) is 13.4. The van der Waals surface area contributed by atoms with Crippen LogP contribution in [0.4, 0.5) is 0 Å². The second-order valence-corrected chi connectivity index (χ2v) is 10.8. The van der Waals surface area contributed by atoms with Gasteiger partial charge in [-0.15, -0.1) is 0 Å². The predicted molar refractivity (Wildman–Crippen MR) is 149 cm³/mol. The molecule has 3 atom stereocenters. The Labute approximate surface area is 232 Å². The first-order valence-corrected chi connectivity index (χ1v) is 13.4. The van der Waals surface area contributed by atoms with Crippen molar-refractivity contribution in [3.05, 3.63) is 104 Å². The number of fused-ring (bicyclic) bond motifs is 4. The maximum atomic E-state index is 12.9. The molecule has 0 spiro atoms. The molecule has 40 heavy (non-hydrogen) atoms. The Balaban J connectivity index is 1.41. The molecule has 9 heteroatoms. The summed E-state index contributed by atoms with van der Waals surface area (Å²) in [5, 5.41) is 10.8. The van der Waals surface area contributed by atoms with Crippen LogP contribution in [-0.2, 0) is 22.6 Å². The number of nitrogens with zero attached hydrogens (tertiary/aromatic N) is 2. The van der Waals surface area contributed by atoms with Crippen molar-refractivity contribution in [1.82, 2.24) is 9.47 Å². The number of methoxy groups -OCH3 is 1. The van der Waals surface area contributed by atoms with E-state index >= 15 is 0 Å². The summed E-state index contributed by atoms with van der Waals surface area (Å²) in [6.45, 7) is 8.59. The average molecular weight is 547 g/mol. The SMILES string of the molecule is C=C(C)COc1ccc([C@H](CC(=O)OC)c2oc(CN3C[C@@H]4C[C@H](C3)c3cccc(=O)n3C4)cc(=O)c2O)cc1. The van der Waals surface area contributed by atoms with E-state index < -0.39 is 23.1 Å². The van der Waals surface area contributed by atoms with Gasteiger partial charge in [0.25, 0.3) is 5.56 Å². The lowest BCUT2D eigenvalue weighted by atomic mass is 9.83. The predicted octanol–water partition coefficient (Wildman–Crippen LogP) is 3.78. The van der Waals surface area contributed by atoms with E-state index in [0.717, 1.165) is 30.8 Å². The number of rotatable bonds is 9. The minimum atomic E-state index is -0.741. The highest BCUT2D eigenvalue weighted by Gasteiger charge is 2.35. The van der Waals surface area contributed by atoms with Gasteiger partial charge >= 0.3 is 5.97 Å². The molecule has 2 bridgehead atoms. The lowest BCUT2D eigenvalue weighted by molar-refractivity contribution is -0.140. The highest BCUT2D eigenvalue weighted by atomic mass is 16.5. The molecule has 9 nitrogen and oxygen atoms in total. The molecule has 0 unspecified atom stereocenters. The van der Waals surface area contributed by atoms with Crippen LogP contribution in [-0.4, -0.2) is 47.3 Å². The fourth-order valence-electron chi connectivity index (χ4n) is 5.83. The maximum Gasteiger partial charge on any atom is 0.306 e. The number of carbonyl (C=O) groups excluding carboxylic acids is 1. The van der Waals surface area contributed by atoms with Crippen LogP contribution in [0.25, 0.3) is 0 Å². The number of likely N-dealkylation sites (tertiary alicyclic amines) is 1. The van der Waals surface area contributed by atoms with Crippen molar-refractivity contribution in [2.75, 3.05) is 26.8 Å². The van der Waals surface area contributed by atoms with Gasteiger partial charge in [-0.05, 0) is 48.6 Å². The number of piperidine rings is 1. The van der Waals surface area contributed by atoms with Crippen molar-refractivity contribution in [1.29, 1.82) is 0 Å². The number of pyridine rings is 1. The Hall–Kier alpha value is -4.11. The number of aromatic nitrogens is 1. The van der Waals surface area contributed by atoms with Crippen molar-refractivity contribution in [3.63, 3.8) is 0 Å². The van der Waals surface area contributed by atoms with Crippen molar-refractivity contribution >= 4 is 5.97 Å². The van der Waals surface area contributed by atoms with Gasteiger partial charge in [0.05, 0.1) is 26.0 Å². The van der Waals surface area contributed by atoms with Crippen LogP contribution >= 0.6 is 0 Å². The number of carbonyl (C=O) groups is 1. The molecule has 1 N–H and O–H groups in total.